The fourth-order valence-electron chi connectivity index (χ4n) is 3.34. The molecule has 0 heterocycles. The third-order valence-corrected chi connectivity index (χ3v) is 5.80. The topological polar surface area (TPSA) is 0 Å². The molecule has 0 spiro atoms. The van der Waals surface area contributed by atoms with Crippen LogP contribution in [0.25, 0.3) is 0 Å². The maximum Gasteiger partial charge on any atom is 0.124 e. The van der Waals surface area contributed by atoms with Crippen molar-refractivity contribution in [3.8, 4) is 0 Å². The highest BCUT2D eigenvalue weighted by molar-refractivity contribution is 6.42. The first-order valence-corrected chi connectivity index (χ1v) is 8.33. The van der Waals surface area contributed by atoms with Crippen molar-refractivity contribution in [2.75, 3.05) is 20.6 Å². The lowest BCUT2D eigenvalue weighted by atomic mass is 9.69. The molecule has 0 aromatic heterocycles. The molecule has 21 heavy (non-hydrogen) atoms. The van der Waals surface area contributed by atoms with E-state index in [0.717, 1.165) is 10.4 Å². The summed E-state index contributed by atoms with van der Waals surface area (Å²) in [6.07, 6.45) is 5.06. The van der Waals surface area contributed by atoms with E-state index in [1.54, 1.807) is 0 Å². The van der Waals surface area contributed by atoms with Crippen LogP contribution in [0, 0.1) is 5.92 Å². The summed E-state index contributed by atoms with van der Waals surface area (Å²) in [7, 11) is 4.73. The van der Waals surface area contributed by atoms with Gasteiger partial charge in [-0.1, -0.05) is 43.1 Å². The number of hydrogen-bond donors (Lipinski definition) is 0. The molecule has 0 N–H and O–H groups in total. The Hall–Kier alpha value is 0.0500. The molecule has 0 unspecified atom stereocenters. The molecule has 1 aromatic rings. The van der Waals surface area contributed by atoms with Crippen LogP contribution in [0.2, 0.25) is 10.0 Å². The molecule has 1 saturated carbocycles. The van der Waals surface area contributed by atoms with Crippen LogP contribution < -0.4 is 0 Å². The summed E-state index contributed by atoms with van der Waals surface area (Å²) in [6, 6.07) is 6.20. The van der Waals surface area contributed by atoms with Crippen LogP contribution in [0.5, 0.6) is 0 Å². The van der Waals surface area contributed by atoms with E-state index < -0.39 is 0 Å². The van der Waals surface area contributed by atoms with Crippen LogP contribution >= 0.6 is 35.6 Å². The molecule has 0 bridgehead atoms. The SMILES string of the molecule is CC(C)CC[N+](C)(C)C1(c2ccc(Cl)c(Cl)c2)CCC1.Cl. The third kappa shape index (κ3) is 3.69. The summed E-state index contributed by atoms with van der Waals surface area (Å²) in [4.78, 5) is 0. The summed E-state index contributed by atoms with van der Waals surface area (Å²) >= 11 is 12.3. The second-order valence-corrected chi connectivity index (χ2v) is 7.92. The zero-order chi connectivity index (χ0) is 15.0. The van der Waals surface area contributed by atoms with Gasteiger partial charge in [0.15, 0.2) is 0 Å². The van der Waals surface area contributed by atoms with E-state index in [9.17, 15) is 0 Å². The monoisotopic (exact) mass is 350 g/mol. The van der Waals surface area contributed by atoms with Gasteiger partial charge in [-0.3, -0.25) is 0 Å². The van der Waals surface area contributed by atoms with Gasteiger partial charge in [-0.05, 0) is 30.9 Å². The molecule has 0 saturated heterocycles. The molecule has 0 aliphatic heterocycles. The van der Waals surface area contributed by atoms with Crippen molar-refractivity contribution in [3.05, 3.63) is 33.8 Å². The molecular formula is C17H27Cl3N+. The maximum absolute atomic E-state index is 6.24. The van der Waals surface area contributed by atoms with Gasteiger partial charge in [-0.25, -0.2) is 0 Å². The number of halogens is 3. The average Bonchev–Trinajstić information content (AvgIpc) is 2.29. The van der Waals surface area contributed by atoms with Crippen LogP contribution in [0.4, 0.5) is 0 Å². The largest absolute Gasteiger partial charge is 0.320 e. The van der Waals surface area contributed by atoms with E-state index >= 15 is 0 Å². The zero-order valence-electron chi connectivity index (χ0n) is 13.5. The Bertz CT molecular complexity index is 479. The normalized spacial score (nSPS) is 17.3. The second kappa shape index (κ2) is 7.08. The Morgan fingerprint density at radius 1 is 1.14 bits per heavy atom. The van der Waals surface area contributed by atoms with Crippen molar-refractivity contribution >= 4 is 35.6 Å². The molecule has 1 nitrogen and oxygen atoms in total. The molecule has 2 rings (SSSR count). The van der Waals surface area contributed by atoms with E-state index in [2.05, 4.69) is 40.1 Å². The van der Waals surface area contributed by atoms with E-state index in [1.807, 2.05) is 6.07 Å². The number of hydrogen-bond acceptors (Lipinski definition) is 0. The average molecular weight is 352 g/mol. The standard InChI is InChI=1S/C17H26Cl2N.ClH/c1-13(2)8-11-20(3,4)17(9-5-10-17)14-6-7-15(18)16(19)12-14;/h6-7,12-13H,5,8-11H2,1-4H3;1H/q+1;. The van der Waals surface area contributed by atoms with E-state index in [4.69, 9.17) is 23.2 Å². The van der Waals surface area contributed by atoms with Gasteiger partial charge in [-0.15, -0.1) is 12.4 Å². The Kier molecular flexibility index (Phi) is 6.44. The van der Waals surface area contributed by atoms with Crippen molar-refractivity contribution in [3.63, 3.8) is 0 Å². The molecule has 0 amide bonds. The Morgan fingerprint density at radius 2 is 1.76 bits per heavy atom. The number of benzene rings is 1. The van der Waals surface area contributed by atoms with Crippen molar-refractivity contribution in [2.24, 2.45) is 5.92 Å². The molecule has 1 aliphatic carbocycles. The molecule has 1 aromatic carbocycles. The van der Waals surface area contributed by atoms with Crippen LogP contribution in [-0.2, 0) is 5.54 Å². The van der Waals surface area contributed by atoms with E-state index in [1.165, 1.54) is 37.8 Å². The van der Waals surface area contributed by atoms with Gasteiger partial charge in [0.25, 0.3) is 0 Å². The highest BCUT2D eigenvalue weighted by atomic mass is 35.5. The maximum atomic E-state index is 6.24. The molecule has 1 aliphatic rings. The predicted molar refractivity (Wildman–Crippen MR) is 95.7 cm³/mol. The van der Waals surface area contributed by atoms with Crippen LogP contribution in [0.1, 0.15) is 45.1 Å². The summed E-state index contributed by atoms with van der Waals surface area (Å²) in [5, 5.41) is 1.33. The number of rotatable bonds is 5. The Morgan fingerprint density at radius 3 is 2.19 bits per heavy atom. The Balaban J connectivity index is 0.00000220. The highest BCUT2D eigenvalue weighted by Gasteiger charge is 2.51. The summed E-state index contributed by atoms with van der Waals surface area (Å²) < 4.78 is 1.04. The third-order valence-electron chi connectivity index (χ3n) is 5.06. The van der Waals surface area contributed by atoms with Crippen molar-refractivity contribution in [2.45, 2.75) is 45.1 Å². The molecular weight excluding hydrogens is 325 g/mol. The molecule has 120 valence electrons. The second-order valence-electron chi connectivity index (χ2n) is 7.11. The van der Waals surface area contributed by atoms with Gasteiger partial charge in [0.2, 0.25) is 0 Å². The first-order valence-electron chi connectivity index (χ1n) is 7.57. The minimum Gasteiger partial charge on any atom is -0.320 e. The minimum atomic E-state index is 0. The Labute approximate surface area is 145 Å². The van der Waals surface area contributed by atoms with E-state index in [-0.39, 0.29) is 17.9 Å². The molecule has 0 atom stereocenters. The lowest BCUT2D eigenvalue weighted by Gasteiger charge is -2.54. The highest BCUT2D eigenvalue weighted by Crippen LogP contribution is 2.50. The molecule has 0 radical (unpaired) electrons. The first-order chi connectivity index (χ1) is 9.28. The van der Waals surface area contributed by atoms with Crippen molar-refractivity contribution in [1.29, 1.82) is 0 Å². The lowest BCUT2D eigenvalue weighted by Crippen LogP contribution is -2.61. The quantitative estimate of drug-likeness (QED) is 0.578. The predicted octanol–water partition coefficient (Wildman–Crippen LogP) is 5.92. The van der Waals surface area contributed by atoms with Gasteiger partial charge >= 0.3 is 0 Å². The van der Waals surface area contributed by atoms with Gasteiger partial charge in [0, 0.05) is 18.4 Å². The zero-order valence-corrected chi connectivity index (χ0v) is 15.8. The lowest BCUT2D eigenvalue weighted by molar-refractivity contribution is -0.957. The fraction of sp³-hybridized carbons (Fsp3) is 0.647. The summed E-state index contributed by atoms with van der Waals surface area (Å²) in [5.74, 6) is 0.748. The smallest absolute Gasteiger partial charge is 0.124 e. The van der Waals surface area contributed by atoms with Gasteiger partial charge in [0.05, 0.1) is 30.7 Å². The van der Waals surface area contributed by atoms with Crippen molar-refractivity contribution in [1.82, 2.24) is 0 Å². The first kappa shape index (κ1) is 19.1. The summed E-state index contributed by atoms with van der Waals surface area (Å²) in [6.45, 7) is 5.80. The van der Waals surface area contributed by atoms with E-state index in [0.29, 0.717) is 10.0 Å². The van der Waals surface area contributed by atoms with Gasteiger partial charge < -0.3 is 4.48 Å². The van der Waals surface area contributed by atoms with Gasteiger partial charge in [-0.2, -0.15) is 0 Å². The number of quaternary nitrogens is 1. The van der Waals surface area contributed by atoms with Crippen LogP contribution in [0.3, 0.4) is 0 Å². The molecule has 4 heteroatoms. The van der Waals surface area contributed by atoms with Gasteiger partial charge in [0.1, 0.15) is 5.54 Å². The summed E-state index contributed by atoms with van der Waals surface area (Å²) in [5.41, 5.74) is 1.58. The molecule has 1 fully saturated rings. The fourth-order valence-corrected chi connectivity index (χ4v) is 3.63. The van der Waals surface area contributed by atoms with Crippen molar-refractivity contribution < 1.29 is 4.48 Å². The van der Waals surface area contributed by atoms with Crippen LogP contribution in [-0.4, -0.2) is 25.1 Å². The van der Waals surface area contributed by atoms with Crippen LogP contribution in [0.15, 0.2) is 18.2 Å². The minimum absolute atomic E-state index is 0. The number of nitrogens with zero attached hydrogens (tertiary/aromatic N) is 1.